The van der Waals surface area contributed by atoms with Crippen LogP contribution in [-0.4, -0.2) is 355 Å². The van der Waals surface area contributed by atoms with Crippen LogP contribution in [0, 0.1) is 22.7 Å². The number of aliphatic hydroxyl groups excluding tert-OH is 4. The molecule has 17 atom stereocenters. The quantitative estimate of drug-likeness (QED) is 0.0166. The van der Waals surface area contributed by atoms with Crippen molar-refractivity contribution in [1.29, 1.82) is 10.8 Å². The summed E-state index contributed by atoms with van der Waals surface area (Å²) in [5.41, 5.74) is 44.5. The number of carbonyl (C=O) groups excluding carboxylic acids is 21. The highest BCUT2D eigenvalue weighted by molar-refractivity contribution is 6.02. The number of guanidine groups is 2. The third-order valence-corrected chi connectivity index (χ3v) is 22.7. The highest BCUT2D eigenvalue weighted by Gasteiger charge is 2.44. The van der Waals surface area contributed by atoms with Crippen molar-refractivity contribution in [2.45, 2.75) is 272 Å². The first-order valence-corrected chi connectivity index (χ1v) is 47.7. The maximum atomic E-state index is 14.9. The third kappa shape index (κ3) is 47.2. The van der Waals surface area contributed by atoms with Crippen LogP contribution in [-0.2, 0) is 123 Å². The van der Waals surface area contributed by atoms with Crippen LogP contribution >= 0.6 is 0 Å². The number of aromatic amines is 1. The van der Waals surface area contributed by atoms with Gasteiger partial charge >= 0.3 is 11.9 Å². The van der Waals surface area contributed by atoms with Crippen LogP contribution in [0.2, 0.25) is 0 Å². The second-order valence-electron chi connectivity index (χ2n) is 35.5. The van der Waals surface area contributed by atoms with Gasteiger partial charge in [-0.15, -0.1) is 0 Å². The summed E-state index contributed by atoms with van der Waals surface area (Å²) >= 11 is 0. The second kappa shape index (κ2) is 66.5. The zero-order chi connectivity index (χ0) is 111. The molecule has 0 spiro atoms. The van der Waals surface area contributed by atoms with Crippen LogP contribution in [0.3, 0.4) is 0 Å². The number of nitrogens with zero attached hydrogens (tertiary/aromatic N) is 2. The normalized spacial score (nSPS) is 15.3. The molecule has 824 valence electrons. The Kier molecular flexibility index (Phi) is 57.0. The van der Waals surface area contributed by atoms with Crippen molar-refractivity contribution in [2.75, 3.05) is 59.2 Å². The number of aliphatic hydroxyl groups is 4. The third-order valence-electron chi connectivity index (χ3n) is 22.7. The largest absolute Gasteiger partial charge is 0.481 e. The fourth-order valence-electron chi connectivity index (χ4n) is 14.8. The van der Waals surface area contributed by atoms with Crippen molar-refractivity contribution in [3.63, 3.8) is 0 Å². The van der Waals surface area contributed by atoms with E-state index in [1.165, 1.54) is 26.4 Å². The van der Waals surface area contributed by atoms with E-state index >= 15 is 0 Å². The molecular formula is C88H143N31O29. The van der Waals surface area contributed by atoms with E-state index in [0.29, 0.717) is 5.56 Å². The Labute approximate surface area is 849 Å². The minimum Gasteiger partial charge on any atom is -0.481 e. The number of hydrogen-bond donors (Lipinski definition) is 35. The van der Waals surface area contributed by atoms with Crippen LogP contribution in [0.5, 0.6) is 0 Å². The van der Waals surface area contributed by atoms with Crippen LogP contribution in [0.4, 0.5) is 0 Å². The van der Waals surface area contributed by atoms with Gasteiger partial charge in [0.15, 0.2) is 11.9 Å². The summed E-state index contributed by atoms with van der Waals surface area (Å²) in [6.45, 7) is 1.04. The maximum Gasteiger partial charge on any atom is 0.303 e. The van der Waals surface area contributed by atoms with E-state index in [0.717, 1.165) is 4.90 Å². The zero-order valence-electron chi connectivity index (χ0n) is 82.5. The van der Waals surface area contributed by atoms with E-state index in [-0.39, 0.29) is 96.1 Å². The van der Waals surface area contributed by atoms with Crippen LogP contribution in [0.1, 0.15) is 167 Å². The number of primary amides is 4. The molecule has 1 fully saturated rings. The van der Waals surface area contributed by atoms with Gasteiger partial charge in [0.25, 0.3) is 0 Å². The number of aliphatic carboxylic acids is 2. The number of amides is 21. The summed E-state index contributed by atoms with van der Waals surface area (Å²) in [5, 5.41) is 118. The molecule has 2 heterocycles. The van der Waals surface area contributed by atoms with Crippen LogP contribution in [0.25, 0.3) is 0 Å². The topological polar surface area (TPSA) is 1020 Å². The molecule has 43 N–H and O–H groups in total. The maximum absolute atomic E-state index is 14.9. The minimum absolute atomic E-state index is 0.0794. The Morgan fingerprint density at radius 1 is 0.399 bits per heavy atom. The van der Waals surface area contributed by atoms with Crippen molar-refractivity contribution < 1.29 is 141 Å². The molecule has 1 aromatic carbocycles. The number of nitrogens with one attached hydrogen (secondary N) is 21. The van der Waals surface area contributed by atoms with Gasteiger partial charge in [0.05, 0.1) is 39.3 Å². The number of carbonyl (C=O) groups is 23. The molecule has 2 aromatic rings. The lowest BCUT2D eigenvalue weighted by atomic mass is 10.00. The summed E-state index contributed by atoms with van der Waals surface area (Å²) in [6, 6.07) is -21.5. The van der Waals surface area contributed by atoms with Gasteiger partial charge in [-0.05, 0) is 120 Å². The summed E-state index contributed by atoms with van der Waals surface area (Å²) < 4.78 is 0. The Morgan fingerprint density at radius 2 is 0.743 bits per heavy atom. The molecule has 1 aromatic heterocycles. The molecule has 0 saturated carbocycles. The van der Waals surface area contributed by atoms with Gasteiger partial charge in [-0.25, -0.2) is 4.98 Å². The Balaban J connectivity index is 2.04. The molecule has 21 amide bonds. The molecule has 0 unspecified atom stereocenters. The molecule has 1 aliphatic rings. The zero-order valence-corrected chi connectivity index (χ0v) is 82.5. The van der Waals surface area contributed by atoms with Crippen molar-refractivity contribution in [3.8, 4) is 0 Å². The number of hydrogen-bond acceptors (Lipinski definition) is 32. The van der Waals surface area contributed by atoms with Gasteiger partial charge < -0.3 is 182 Å². The first-order valence-electron chi connectivity index (χ1n) is 47.7. The Morgan fingerprint density at radius 3 is 1.12 bits per heavy atom. The Hall–Kier alpha value is -15.5. The van der Waals surface area contributed by atoms with Gasteiger partial charge in [0.2, 0.25) is 124 Å². The number of likely N-dealkylation sites (tertiary alicyclic amines) is 1. The van der Waals surface area contributed by atoms with Crippen LogP contribution < -0.4 is 142 Å². The highest BCUT2D eigenvalue weighted by Crippen LogP contribution is 2.22. The lowest BCUT2D eigenvalue weighted by molar-refractivity contribution is -0.143. The molecule has 0 aliphatic carbocycles. The lowest BCUT2D eigenvalue weighted by Crippen LogP contribution is -2.62. The summed E-state index contributed by atoms with van der Waals surface area (Å²) in [7, 11) is 0. The average Bonchev–Trinajstić information content (AvgIpc) is 1.64. The van der Waals surface area contributed by atoms with E-state index in [1.807, 2.05) is 0 Å². The fourth-order valence-corrected chi connectivity index (χ4v) is 14.8. The van der Waals surface area contributed by atoms with E-state index in [2.05, 4.69) is 106 Å². The number of benzene rings is 1. The van der Waals surface area contributed by atoms with E-state index in [9.17, 15) is 141 Å². The standard InChI is InChI=1S/C88H143N31O29/c1-43(2)33-55(112-80(142)56(34-45-13-6-5-7-14-45)113-83(145)60(40-122)116-82(144)59(39-121)103-66(127)36-90)79(141)117-61(41-123)86(148)119-32-12-18-62(119)84(146)110-54(23-28-68(130)131)76(138)114-57(35-46-37-99-42-102-46)81(143)109-51(20-25-64(92)125)74(136)106-49(17-11-31-101-88(97)98)78(140)118-69(44(3)4)85(147)111-52(21-26-65(93)126)75(137)107-50(19-24-63(91)124)73(135)105-48(16-10-30-100-87(95)96)72(134)104-47(15-8-9-29-89)71(133)108-53(22-27-67(128)129)77(139)115-58(38-120)70(94)132/h5-7,13-14,37,42-44,47-62,69,120-123H,8-12,15-36,38-41,89-90H2,1-4H3,(H2,91,124)(H2,92,125)(H2,93,126)(H2,94,132)(H,99,102)(H,103,127)(H,104,134)(H,105,135)(H,106,136)(H,107,137)(H,108,133)(H,109,143)(H,110,146)(H,111,147)(H,112,142)(H,113,145)(H,114,138)(H,115,139)(H,116,144)(H,117,141)(H,118,140)(H,128,129)(H,130,131)(H4,95,96,100)(H4,97,98,101)/t47-,48-,49-,50-,51-,52-,53-,54-,55-,56-,57-,58-,59-,60-,61-,62-,69-/m0/s1. The molecule has 1 saturated heterocycles. The summed E-state index contributed by atoms with van der Waals surface area (Å²) in [6.07, 6.45) is -6.24. The Bertz CT molecular complexity index is 4860. The van der Waals surface area contributed by atoms with Crippen molar-refractivity contribution in [1.82, 2.24) is 111 Å². The first-order chi connectivity index (χ1) is 69.9. The second-order valence-corrected chi connectivity index (χ2v) is 35.5. The SMILES string of the molecule is CC(C)C[C@H](NC(=O)[C@H](Cc1ccccc1)NC(=O)[C@H](CO)NC(=O)[C@H](CO)NC(=O)CN)C(=O)N[C@@H](CO)C(=O)N1CCC[C@H]1C(=O)N[C@@H](CCC(=O)O)C(=O)N[C@@H](Cc1cnc[nH]1)C(=O)N[C@@H](CCC(N)=O)C(=O)N[C@@H](CCCNC(=N)N)C(=O)N[C@H](C(=O)N[C@@H](CCC(N)=O)C(=O)N[C@@H](CCC(N)=O)C(=O)N[C@@H](CCCNC(=N)N)C(=O)N[C@@H](CCCCN)C(=O)N[C@@H](CCC(=O)O)C(=O)N[C@@H](CO)C(N)=O)C(C)C. The van der Waals surface area contributed by atoms with Gasteiger partial charge in [-0.2, -0.15) is 0 Å². The van der Waals surface area contributed by atoms with Gasteiger partial charge in [0, 0.05) is 76.5 Å². The number of nitrogens with two attached hydrogens (primary N) is 8. The molecule has 0 bridgehead atoms. The monoisotopic (exact) mass is 2100 g/mol. The predicted octanol–water partition coefficient (Wildman–Crippen LogP) is -14.8. The van der Waals surface area contributed by atoms with Crippen molar-refractivity contribution in [2.24, 2.45) is 57.7 Å². The van der Waals surface area contributed by atoms with E-state index in [1.54, 1.807) is 44.2 Å². The average molecular weight is 2100 g/mol. The van der Waals surface area contributed by atoms with Crippen LogP contribution in [0.15, 0.2) is 42.9 Å². The molecule has 60 heteroatoms. The van der Waals surface area contributed by atoms with Gasteiger partial charge in [0.1, 0.15) is 103 Å². The molecule has 3 rings (SSSR count). The van der Waals surface area contributed by atoms with E-state index in [4.69, 9.17) is 56.7 Å². The lowest BCUT2D eigenvalue weighted by Gasteiger charge is -2.31. The van der Waals surface area contributed by atoms with E-state index < -0.39 is 372 Å². The first kappa shape index (κ1) is 127. The number of rotatable bonds is 72. The van der Waals surface area contributed by atoms with Gasteiger partial charge in [-0.3, -0.25) is 121 Å². The van der Waals surface area contributed by atoms with Crippen molar-refractivity contribution in [3.05, 3.63) is 54.1 Å². The smallest absolute Gasteiger partial charge is 0.303 e. The number of carboxylic acids is 2. The number of imidazole rings is 1. The molecule has 60 nitrogen and oxygen atoms in total. The predicted molar refractivity (Wildman–Crippen MR) is 519 cm³/mol. The van der Waals surface area contributed by atoms with Gasteiger partial charge in [-0.1, -0.05) is 58.0 Å². The summed E-state index contributed by atoms with van der Waals surface area (Å²) in [4.78, 5) is 323. The molecular weight excluding hydrogens is 1960 g/mol. The fraction of sp³-hybridized carbons (Fsp3) is 0.614. The molecule has 148 heavy (non-hydrogen) atoms. The number of H-pyrrole nitrogens is 1. The minimum atomic E-state index is -1.91. The highest BCUT2D eigenvalue weighted by atomic mass is 16.4. The number of carboxylic acid groups (broad SMARTS) is 2. The number of unbranched alkanes of at least 4 members (excludes halogenated alkanes) is 1. The summed E-state index contributed by atoms with van der Waals surface area (Å²) in [5.74, 6) is -29.0. The molecule has 1 aliphatic heterocycles. The number of aromatic nitrogens is 2. The van der Waals surface area contributed by atoms with Crippen molar-refractivity contribution >= 4 is 148 Å². The molecule has 0 radical (unpaired) electrons.